The maximum absolute atomic E-state index is 6.32. The molecule has 39 heavy (non-hydrogen) atoms. The van der Waals surface area contributed by atoms with Crippen molar-refractivity contribution in [3.8, 4) is 6.01 Å². The number of likely N-dealkylation sites (N-methyl/N-ethyl adjacent to an activating group) is 1. The third-order valence-electron chi connectivity index (χ3n) is 8.60. The molecule has 1 saturated heterocycles. The van der Waals surface area contributed by atoms with Gasteiger partial charge in [-0.1, -0.05) is 43.0 Å². The average molecular weight is 522 g/mol. The highest BCUT2D eigenvalue weighted by Gasteiger charge is 2.29. The topological polar surface area (TPSA) is 62.6 Å². The number of hydrogen-bond acceptors (Lipinski definition) is 7. The van der Waals surface area contributed by atoms with Gasteiger partial charge in [-0.3, -0.25) is 0 Å². The largest absolute Gasteiger partial charge is 0.462 e. The van der Waals surface area contributed by atoms with Crippen molar-refractivity contribution in [1.82, 2.24) is 24.4 Å². The summed E-state index contributed by atoms with van der Waals surface area (Å²) in [6, 6.07) is 16.1. The minimum atomic E-state index is 0.418. The van der Waals surface area contributed by atoms with Crippen LogP contribution in [0.2, 0.25) is 0 Å². The van der Waals surface area contributed by atoms with E-state index in [1.54, 1.807) is 0 Å². The molecular weight excluding hydrogens is 486 g/mol. The van der Waals surface area contributed by atoms with E-state index in [-0.39, 0.29) is 0 Å². The zero-order valence-electron chi connectivity index (χ0n) is 22.6. The smallest absolute Gasteiger partial charge is 0.318 e. The Labute approximate surface area is 229 Å². The molecule has 4 aromatic rings. The summed E-state index contributed by atoms with van der Waals surface area (Å²) >= 11 is 0. The lowest BCUT2D eigenvalue weighted by molar-refractivity contribution is 0.187. The quantitative estimate of drug-likeness (QED) is 0.370. The van der Waals surface area contributed by atoms with Gasteiger partial charge in [0.05, 0.1) is 30.7 Å². The summed E-state index contributed by atoms with van der Waals surface area (Å²) in [6.45, 7) is 9.83. The second-order valence-corrected chi connectivity index (χ2v) is 10.9. The van der Waals surface area contributed by atoms with E-state index in [0.717, 1.165) is 69.4 Å². The summed E-state index contributed by atoms with van der Waals surface area (Å²) in [5.41, 5.74) is 4.76. The third kappa shape index (κ3) is 4.42. The molecule has 7 rings (SSSR count). The molecule has 3 aliphatic heterocycles. The van der Waals surface area contributed by atoms with Crippen LogP contribution in [0.3, 0.4) is 0 Å². The van der Waals surface area contributed by atoms with Gasteiger partial charge in [0, 0.05) is 42.3 Å². The van der Waals surface area contributed by atoms with Crippen LogP contribution in [0.4, 0.5) is 11.5 Å². The predicted molar refractivity (Wildman–Crippen MR) is 155 cm³/mol. The molecular formula is C31H35N7O. The summed E-state index contributed by atoms with van der Waals surface area (Å²) in [6.07, 6.45) is 7.07. The van der Waals surface area contributed by atoms with Crippen LogP contribution < -0.4 is 14.5 Å². The number of hydrogen-bond donors (Lipinski definition) is 0. The Hall–Kier alpha value is -3.91. The minimum Gasteiger partial charge on any atom is -0.462 e. The number of nitrogens with zero attached hydrogens (tertiary/aromatic N) is 7. The van der Waals surface area contributed by atoms with Crippen molar-refractivity contribution in [3.05, 3.63) is 78.0 Å². The molecule has 2 aromatic carbocycles. The maximum atomic E-state index is 6.32. The fourth-order valence-electron chi connectivity index (χ4n) is 6.42. The van der Waals surface area contributed by atoms with Crippen LogP contribution in [0.15, 0.2) is 55.2 Å². The Kier molecular flexibility index (Phi) is 6.19. The van der Waals surface area contributed by atoms with Gasteiger partial charge in [-0.15, -0.1) is 0 Å². The number of rotatable bonds is 6. The van der Waals surface area contributed by atoms with Crippen molar-refractivity contribution in [3.63, 3.8) is 0 Å². The molecule has 5 heterocycles. The normalized spacial score (nSPS) is 19.3. The van der Waals surface area contributed by atoms with Crippen LogP contribution in [0.1, 0.15) is 35.6 Å². The van der Waals surface area contributed by atoms with Crippen LogP contribution >= 0.6 is 0 Å². The van der Waals surface area contributed by atoms with Crippen molar-refractivity contribution in [2.75, 3.05) is 43.1 Å². The Morgan fingerprint density at radius 3 is 2.77 bits per heavy atom. The van der Waals surface area contributed by atoms with Gasteiger partial charge in [0.2, 0.25) is 0 Å². The summed E-state index contributed by atoms with van der Waals surface area (Å²) in [5.74, 6) is 1.95. The van der Waals surface area contributed by atoms with Crippen molar-refractivity contribution in [1.29, 1.82) is 0 Å². The Morgan fingerprint density at radius 1 is 1.00 bits per heavy atom. The van der Waals surface area contributed by atoms with Crippen LogP contribution in [-0.2, 0) is 26.1 Å². The molecule has 8 nitrogen and oxygen atoms in total. The summed E-state index contributed by atoms with van der Waals surface area (Å²) < 4.78 is 8.58. The number of benzene rings is 2. The van der Waals surface area contributed by atoms with Gasteiger partial charge in [-0.2, -0.15) is 9.97 Å². The summed E-state index contributed by atoms with van der Waals surface area (Å²) in [5, 5.41) is 2.54. The van der Waals surface area contributed by atoms with E-state index < -0.39 is 0 Å². The first-order valence-electron chi connectivity index (χ1n) is 14.1. The highest BCUT2D eigenvalue weighted by molar-refractivity contribution is 5.94. The lowest BCUT2D eigenvalue weighted by atomic mass is 10.0. The average Bonchev–Trinajstić information content (AvgIpc) is 3.59. The van der Waals surface area contributed by atoms with Crippen LogP contribution in [0, 0.1) is 0 Å². The SMILES string of the molecule is C=Cc1ncc2n1CCN(c1nc(OC[C@@H]3CCCN3C)nc3c1CCN(c1cccc4ccccc14)C3)C2. The number of anilines is 2. The van der Waals surface area contributed by atoms with E-state index in [2.05, 4.69) is 80.3 Å². The van der Waals surface area contributed by atoms with Crippen molar-refractivity contribution in [2.24, 2.45) is 0 Å². The van der Waals surface area contributed by atoms with E-state index in [4.69, 9.17) is 14.7 Å². The van der Waals surface area contributed by atoms with E-state index >= 15 is 0 Å². The van der Waals surface area contributed by atoms with E-state index in [9.17, 15) is 0 Å². The lowest BCUT2D eigenvalue weighted by Crippen LogP contribution is -2.38. The molecule has 2 aromatic heterocycles. The molecule has 200 valence electrons. The van der Waals surface area contributed by atoms with Gasteiger partial charge >= 0.3 is 6.01 Å². The lowest BCUT2D eigenvalue weighted by Gasteiger charge is -2.35. The second-order valence-electron chi connectivity index (χ2n) is 10.9. The van der Waals surface area contributed by atoms with Gasteiger partial charge < -0.3 is 24.0 Å². The summed E-state index contributed by atoms with van der Waals surface area (Å²) in [4.78, 5) is 21.8. The number of likely N-dealkylation sites (tertiary alicyclic amines) is 1. The van der Waals surface area contributed by atoms with Crippen LogP contribution in [0.5, 0.6) is 6.01 Å². The molecule has 0 N–H and O–H groups in total. The molecule has 0 amide bonds. The standard InChI is InChI=1S/C31H35N7O/c1-3-29-32-18-24-19-37(16-17-38(24)29)30-26-13-15-36(28-12-6-9-22-8-4-5-11-25(22)28)20-27(26)33-31(34-30)39-21-23-10-7-14-35(23)2/h3-6,8-9,11-12,18,23H,1,7,10,13-17,19-21H2,2H3/t23-/m0/s1. The molecule has 0 saturated carbocycles. The Bertz CT molecular complexity index is 1520. The zero-order valence-corrected chi connectivity index (χ0v) is 22.6. The minimum absolute atomic E-state index is 0.418. The van der Waals surface area contributed by atoms with E-state index in [1.807, 2.05) is 12.3 Å². The predicted octanol–water partition coefficient (Wildman–Crippen LogP) is 4.53. The molecule has 0 spiro atoms. The van der Waals surface area contributed by atoms with E-state index in [1.165, 1.54) is 34.1 Å². The highest BCUT2D eigenvalue weighted by atomic mass is 16.5. The van der Waals surface area contributed by atoms with Gasteiger partial charge in [-0.05, 0) is 50.4 Å². The fourth-order valence-corrected chi connectivity index (χ4v) is 6.42. The zero-order chi connectivity index (χ0) is 26.3. The fraction of sp³-hybridized carbons (Fsp3) is 0.387. The Morgan fingerprint density at radius 2 is 1.90 bits per heavy atom. The van der Waals surface area contributed by atoms with Crippen LogP contribution in [-0.4, -0.2) is 63.7 Å². The first kappa shape index (κ1) is 24.2. The third-order valence-corrected chi connectivity index (χ3v) is 8.60. The molecule has 0 aliphatic carbocycles. The van der Waals surface area contributed by atoms with E-state index in [0.29, 0.717) is 18.7 Å². The van der Waals surface area contributed by atoms with Gasteiger partial charge in [0.1, 0.15) is 18.2 Å². The first-order valence-corrected chi connectivity index (χ1v) is 14.1. The number of ether oxygens (including phenoxy) is 1. The summed E-state index contributed by atoms with van der Waals surface area (Å²) in [7, 11) is 2.18. The molecule has 0 bridgehead atoms. The molecule has 0 radical (unpaired) electrons. The van der Waals surface area contributed by atoms with Crippen molar-refractivity contribution in [2.45, 2.75) is 44.9 Å². The first-order chi connectivity index (χ1) is 19.2. The van der Waals surface area contributed by atoms with Gasteiger partial charge in [-0.25, -0.2) is 4.98 Å². The number of fused-ring (bicyclic) bond motifs is 3. The van der Waals surface area contributed by atoms with Crippen molar-refractivity contribution >= 4 is 28.4 Å². The molecule has 8 heteroatoms. The van der Waals surface area contributed by atoms with Gasteiger partial charge in [0.15, 0.2) is 0 Å². The number of aromatic nitrogens is 4. The molecule has 1 fully saturated rings. The highest BCUT2D eigenvalue weighted by Crippen LogP contribution is 2.35. The van der Waals surface area contributed by atoms with Crippen molar-refractivity contribution < 1.29 is 4.74 Å². The Balaban J connectivity index is 1.23. The monoisotopic (exact) mass is 521 g/mol. The molecule has 3 aliphatic rings. The number of imidazole rings is 1. The second kappa shape index (κ2) is 10.0. The maximum Gasteiger partial charge on any atom is 0.318 e. The molecule has 0 unspecified atom stereocenters. The van der Waals surface area contributed by atoms with Gasteiger partial charge in [0.25, 0.3) is 0 Å². The van der Waals surface area contributed by atoms with Crippen LogP contribution in [0.25, 0.3) is 16.8 Å². The molecule has 1 atom stereocenters.